The van der Waals surface area contributed by atoms with Crippen LogP contribution in [0.4, 0.5) is 0 Å². The number of aromatic nitrogens is 1. The van der Waals surface area contributed by atoms with Crippen LogP contribution in [0.5, 0.6) is 0 Å². The zero-order chi connectivity index (χ0) is 20.4. The Morgan fingerprint density at radius 1 is 1.14 bits per heavy atom. The Morgan fingerprint density at radius 2 is 1.86 bits per heavy atom. The van der Waals surface area contributed by atoms with E-state index >= 15 is 0 Å². The molecule has 0 aliphatic heterocycles. The third-order valence-corrected chi connectivity index (χ3v) is 6.01. The van der Waals surface area contributed by atoms with Crippen LogP contribution in [0.1, 0.15) is 36.3 Å². The second-order valence-corrected chi connectivity index (χ2v) is 9.71. The number of hydrogen-bond donors (Lipinski definition) is 2. The number of carbonyl (C=O) groups is 1. The molecule has 9 heteroatoms. The van der Waals surface area contributed by atoms with E-state index in [2.05, 4.69) is 15.0 Å². The van der Waals surface area contributed by atoms with Crippen LogP contribution in [0.2, 0.25) is 0 Å². The minimum Gasteiger partial charge on any atom is -0.438 e. The van der Waals surface area contributed by atoms with Crippen molar-refractivity contribution in [3.63, 3.8) is 0 Å². The second-order valence-electron chi connectivity index (χ2n) is 7.15. The summed E-state index contributed by atoms with van der Waals surface area (Å²) in [5, 5.41) is 5.06. The first kappa shape index (κ1) is 20.2. The first-order valence-corrected chi connectivity index (χ1v) is 10.9. The number of furan rings is 1. The molecule has 3 aromatic rings. The van der Waals surface area contributed by atoms with Gasteiger partial charge in [0.05, 0.1) is 12.2 Å². The Hall–Kier alpha value is -2.49. The van der Waals surface area contributed by atoms with E-state index in [1.165, 1.54) is 23.5 Å². The highest BCUT2D eigenvalue weighted by atomic mass is 32.2. The quantitative estimate of drug-likeness (QED) is 0.638. The molecule has 1 amide bonds. The largest absolute Gasteiger partial charge is 0.438 e. The van der Waals surface area contributed by atoms with Crippen LogP contribution in [-0.4, -0.2) is 24.8 Å². The fourth-order valence-corrected chi connectivity index (χ4v) is 4.51. The smallest absolute Gasteiger partial charge is 0.287 e. The Morgan fingerprint density at radius 3 is 2.54 bits per heavy atom. The summed E-state index contributed by atoms with van der Waals surface area (Å²) in [5.41, 5.74) is 1.19. The van der Waals surface area contributed by atoms with E-state index < -0.39 is 21.5 Å². The number of sulfonamides is 1. The number of hydrogen-bond acceptors (Lipinski definition) is 6. The molecule has 2 aromatic heterocycles. The van der Waals surface area contributed by atoms with Gasteiger partial charge in [-0.2, -0.15) is 0 Å². The number of nitrogens with zero attached hydrogens (tertiary/aromatic N) is 1. The Kier molecular flexibility index (Phi) is 5.69. The molecule has 0 atom stereocenters. The molecule has 2 heterocycles. The maximum atomic E-state index is 12.3. The van der Waals surface area contributed by atoms with E-state index in [9.17, 15) is 13.2 Å². The van der Waals surface area contributed by atoms with Gasteiger partial charge in [-0.3, -0.25) is 4.79 Å². The molecule has 0 saturated carbocycles. The summed E-state index contributed by atoms with van der Waals surface area (Å²) < 4.78 is 32.2. The monoisotopic (exact) mass is 419 g/mol. The normalized spacial score (nSPS) is 12.1. The van der Waals surface area contributed by atoms with Gasteiger partial charge in [-0.25, -0.2) is 18.1 Å². The fourth-order valence-electron chi connectivity index (χ4n) is 2.42. The summed E-state index contributed by atoms with van der Waals surface area (Å²) in [7, 11) is -3.83. The SMILES string of the molecule is CC(C)(C)NS(=O)(=O)c1ccc(C(=O)NCc2nc(-c3ccccc3)cs2)o1. The highest BCUT2D eigenvalue weighted by Gasteiger charge is 2.26. The standard InChI is InChI=1S/C19H21N3O4S2/c1-19(2,3)22-28(24,25)17-10-9-15(26-17)18(23)20-11-16-21-14(12-27-16)13-7-5-4-6-8-13/h4-10,12,22H,11H2,1-3H3,(H,20,23). The summed E-state index contributed by atoms with van der Waals surface area (Å²) in [5.74, 6) is -0.581. The molecule has 0 radical (unpaired) electrons. The van der Waals surface area contributed by atoms with Crippen molar-refractivity contribution < 1.29 is 17.6 Å². The van der Waals surface area contributed by atoms with Crippen LogP contribution in [-0.2, 0) is 16.6 Å². The van der Waals surface area contributed by atoms with E-state index in [0.29, 0.717) is 0 Å². The molecule has 0 fully saturated rings. The summed E-state index contributed by atoms with van der Waals surface area (Å²) in [6.45, 7) is 5.38. The van der Waals surface area contributed by atoms with Crippen molar-refractivity contribution in [2.24, 2.45) is 0 Å². The van der Waals surface area contributed by atoms with Crippen molar-refractivity contribution in [2.45, 2.75) is 37.9 Å². The van der Waals surface area contributed by atoms with Gasteiger partial charge in [-0.05, 0) is 32.9 Å². The van der Waals surface area contributed by atoms with E-state index in [4.69, 9.17) is 4.42 Å². The van der Waals surface area contributed by atoms with Gasteiger partial charge in [0.1, 0.15) is 5.01 Å². The van der Waals surface area contributed by atoms with Gasteiger partial charge in [-0.15, -0.1) is 11.3 Å². The summed E-state index contributed by atoms with van der Waals surface area (Å²) in [6.07, 6.45) is 0. The van der Waals surface area contributed by atoms with Crippen LogP contribution >= 0.6 is 11.3 Å². The number of benzene rings is 1. The molecule has 0 aliphatic carbocycles. The van der Waals surface area contributed by atoms with Gasteiger partial charge in [0.15, 0.2) is 5.76 Å². The first-order valence-electron chi connectivity index (χ1n) is 8.56. The van der Waals surface area contributed by atoms with E-state index in [-0.39, 0.29) is 17.4 Å². The maximum Gasteiger partial charge on any atom is 0.287 e. The van der Waals surface area contributed by atoms with Gasteiger partial charge in [0.2, 0.25) is 5.09 Å². The lowest BCUT2D eigenvalue weighted by molar-refractivity contribution is 0.0917. The number of carbonyl (C=O) groups excluding carboxylic acids is 1. The second kappa shape index (κ2) is 7.86. The number of nitrogens with one attached hydrogen (secondary N) is 2. The number of thiazole rings is 1. The summed E-state index contributed by atoms with van der Waals surface area (Å²) in [6, 6.07) is 12.3. The molecular weight excluding hydrogens is 398 g/mol. The molecule has 28 heavy (non-hydrogen) atoms. The molecule has 2 N–H and O–H groups in total. The lowest BCUT2D eigenvalue weighted by atomic mass is 10.1. The Labute approximate surface area is 167 Å². The zero-order valence-electron chi connectivity index (χ0n) is 15.7. The lowest BCUT2D eigenvalue weighted by Crippen LogP contribution is -2.40. The maximum absolute atomic E-state index is 12.3. The topological polar surface area (TPSA) is 101 Å². The fraction of sp³-hybridized carbons (Fsp3) is 0.263. The van der Waals surface area contributed by atoms with Crippen molar-refractivity contribution in [1.82, 2.24) is 15.0 Å². The van der Waals surface area contributed by atoms with Crippen LogP contribution in [0.3, 0.4) is 0 Å². The number of rotatable bonds is 6. The molecule has 0 saturated heterocycles. The average molecular weight is 420 g/mol. The summed E-state index contributed by atoms with van der Waals surface area (Å²) >= 11 is 1.44. The van der Waals surface area contributed by atoms with Gasteiger partial charge in [-0.1, -0.05) is 30.3 Å². The molecule has 7 nitrogen and oxygen atoms in total. The van der Waals surface area contributed by atoms with Crippen molar-refractivity contribution in [1.29, 1.82) is 0 Å². The highest BCUT2D eigenvalue weighted by Crippen LogP contribution is 2.21. The van der Waals surface area contributed by atoms with Crippen LogP contribution in [0.15, 0.2) is 57.4 Å². The third kappa shape index (κ3) is 5.06. The predicted molar refractivity (Wildman–Crippen MR) is 108 cm³/mol. The van der Waals surface area contributed by atoms with Crippen molar-refractivity contribution in [3.05, 3.63) is 58.6 Å². The molecule has 3 rings (SSSR count). The highest BCUT2D eigenvalue weighted by molar-refractivity contribution is 7.89. The van der Waals surface area contributed by atoms with Crippen LogP contribution in [0.25, 0.3) is 11.3 Å². The van der Waals surface area contributed by atoms with Crippen LogP contribution < -0.4 is 10.0 Å². The third-order valence-electron chi connectivity index (χ3n) is 3.53. The minimum absolute atomic E-state index is 0.0749. The summed E-state index contributed by atoms with van der Waals surface area (Å²) in [4.78, 5) is 16.8. The average Bonchev–Trinajstić information content (AvgIpc) is 3.28. The molecule has 1 aromatic carbocycles. The Balaban J connectivity index is 1.64. The van der Waals surface area contributed by atoms with Gasteiger partial charge >= 0.3 is 0 Å². The molecule has 0 aliphatic rings. The van der Waals surface area contributed by atoms with Crippen molar-refractivity contribution in [3.8, 4) is 11.3 Å². The van der Waals surface area contributed by atoms with Crippen molar-refractivity contribution in [2.75, 3.05) is 0 Å². The lowest BCUT2D eigenvalue weighted by Gasteiger charge is -2.18. The van der Waals surface area contributed by atoms with Gasteiger partial charge in [0, 0.05) is 16.5 Å². The first-order chi connectivity index (χ1) is 13.1. The van der Waals surface area contributed by atoms with Gasteiger partial charge < -0.3 is 9.73 Å². The Bertz CT molecular complexity index is 1060. The molecular formula is C19H21N3O4S2. The zero-order valence-corrected chi connectivity index (χ0v) is 17.4. The van der Waals surface area contributed by atoms with E-state index in [0.717, 1.165) is 16.3 Å². The van der Waals surface area contributed by atoms with Crippen molar-refractivity contribution >= 4 is 27.3 Å². The van der Waals surface area contributed by atoms with Gasteiger partial charge in [0.25, 0.3) is 15.9 Å². The van der Waals surface area contributed by atoms with E-state index in [1.54, 1.807) is 20.8 Å². The van der Waals surface area contributed by atoms with Crippen LogP contribution in [0, 0.1) is 0 Å². The predicted octanol–water partition coefficient (Wildman–Crippen LogP) is 3.41. The number of amides is 1. The minimum atomic E-state index is -3.83. The molecule has 148 valence electrons. The molecule has 0 bridgehead atoms. The van der Waals surface area contributed by atoms with E-state index in [1.807, 2.05) is 35.7 Å². The molecule has 0 unspecified atom stereocenters. The molecule has 0 spiro atoms.